The maximum atomic E-state index is 12.5. The van der Waals surface area contributed by atoms with Crippen molar-refractivity contribution in [3.8, 4) is 11.4 Å². The molecule has 3 rings (SSSR count). The van der Waals surface area contributed by atoms with Gasteiger partial charge in [0.1, 0.15) is 11.5 Å². The third kappa shape index (κ3) is 3.64. The van der Waals surface area contributed by atoms with Crippen LogP contribution in [0.25, 0.3) is 11.4 Å². The fourth-order valence-electron chi connectivity index (χ4n) is 3.06. The largest absolute Gasteiger partial charge is 0.333 e. The minimum absolute atomic E-state index is 0.0484. The van der Waals surface area contributed by atoms with Gasteiger partial charge in [0, 0.05) is 18.8 Å². The topological polar surface area (TPSA) is 81.1 Å². The number of imidazole rings is 1. The SMILES string of the molecule is Cc1ccccc1S(=O)(=O)NC(=O)c1cn(C)c(-c2c(C)cccc2C)n1. The molecule has 2 aromatic carbocycles. The van der Waals surface area contributed by atoms with E-state index < -0.39 is 15.9 Å². The molecule has 1 aromatic heterocycles. The third-order valence-corrected chi connectivity index (χ3v) is 5.92. The highest BCUT2D eigenvalue weighted by Gasteiger charge is 2.23. The summed E-state index contributed by atoms with van der Waals surface area (Å²) in [5.41, 5.74) is 3.61. The van der Waals surface area contributed by atoms with E-state index in [1.807, 2.05) is 32.0 Å². The molecule has 1 amide bonds. The normalized spacial score (nSPS) is 11.4. The molecule has 6 nitrogen and oxygen atoms in total. The quantitative estimate of drug-likeness (QED) is 0.750. The Bertz CT molecular complexity index is 1110. The number of sulfonamides is 1. The summed E-state index contributed by atoms with van der Waals surface area (Å²) in [6.45, 7) is 5.62. The Kier molecular flexibility index (Phi) is 4.89. The molecule has 0 saturated heterocycles. The lowest BCUT2D eigenvalue weighted by atomic mass is 10.0. The summed E-state index contributed by atoms with van der Waals surface area (Å²) in [6.07, 6.45) is 1.53. The minimum Gasteiger partial charge on any atom is -0.333 e. The van der Waals surface area contributed by atoms with Crippen LogP contribution in [0.1, 0.15) is 27.2 Å². The highest BCUT2D eigenvalue weighted by Crippen LogP contribution is 2.26. The molecular formula is C20H21N3O3S. The van der Waals surface area contributed by atoms with Gasteiger partial charge in [-0.1, -0.05) is 36.4 Å². The Hall–Kier alpha value is -2.93. The van der Waals surface area contributed by atoms with Crippen LogP contribution in [-0.4, -0.2) is 23.9 Å². The van der Waals surface area contributed by atoms with Crippen molar-refractivity contribution in [1.29, 1.82) is 0 Å². The zero-order chi connectivity index (χ0) is 19.8. The average molecular weight is 383 g/mol. The number of carbonyl (C=O) groups excluding carboxylic acids is 1. The summed E-state index contributed by atoms with van der Waals surface area (Å²) < 4.78 is 28.9. The van der Waals surface area contributed by atoms with Crippen LogP contribution in [0, 0.1) is 20.8 Å². The maximum absolute atomic E-state index is 12.5. The van der Waals surface area contributed by atoms with E-state index in [-0.39, 0.29) is 10.6 Å². The van der Waals surface area contributed by atoms with Crippen molar-refractivity contribution in [2.45, 2.75) is 25.7 Å². The fraction of sp³-hybridized carbons (Fsp3) is 0.200. The molecule has 0 radical (unpaired) electrons. The molecule has 0 aliphatic carbocycles. The van der Waals surface area contributed by atoms with E-state index in [0.29, 0.717) is 11.4 Å². The van der Waals surface area contributed by atoms with Crippen molar-refractivity contribution in [2.24, 2.45) is 7.05 Å². The molecule has 3 aromatic rings. The smallest absolute Gasteiger partial charge is 0.285 e. The molecule has 0 aliphatic rings. The molecule has 0 aliphatic heterocycles. The number of hydrogen-bond acceptors (Lipinski definition) is 4. The predicted molar refractivity (Wildman–Crippen MR) is 104 cm³/mol. The molecule has 0 fully saturated rings. The summed E-state index contributed by atoms with van der Waals surface area (Å²) in [4.78, 5) is 17.0. The van der Waals surface area contributed by atoms with Gasteiger partial charge in [-0.2, -0.15) is 0 Å². The van der Waals surface area contributed by atoms with Crippen LogP contribution in [0.2, 0.25) is 0 Å². The number of amides is 1. The van der Waals surface area contributed by atoms with Crippen LogP contribution in [0.3, 0.4) is 0 Å². The summed E-state index contributed by atoms with van der Waals surface area (Å²) >= 11 is 0. The van der Waals surface area contributed by atoms with E-state index in [4.69, 9.17) is 0 Å². The van der Waals surface area contributed by atoms with Crippen LogP contribution >= 0.6 is 0 Å². The lowest BCUT2D eigenvalue weighted by molar-refractivity contribution is 0.0977. The molecule has 1 N–H and O–H groups in total. The Morgan fingerprint density at radius 1 is 0.963 bits per heavy atom. The van der Waals surface area contributed by atoms with Gasteiger partial charge in [0.25, 0.3) is 15.9 Å². The molecular weight excluding hydrogens is 362 g/mol. The van der Waals surface area contributed by atoms with Gasteiger partial charge < -0.3 is 4.57 Å². The van der Waals surface area contributed by atoms with Gasteiger partial charge in [0.2, 0.25) is 0 Å². The van der Waals surface area contributed by atoms with Crippen molar-refractivity contribution in [1.82, 2.24) is 14.3 Å². The molecule has 0 spiro atoms. The van der Waals surface area contributed by atoms with Crippen LogP contribution in [0.5, 0.6) is 0 Å². The second-order valence-electron chi connectivity index (χ2n) is 6.53. The lowest BCUT2D eigenvalue weighted by Crippen LogP contribution is -2.31. The molecule has 7 heteroatoms. The highest BCUT2D eigenvalue weighted by atomic mass is 32.2. The van der Waals surface area contributed by atoms with Crippen molar-refractivity contribution in [2.75, 3.05) is 0 Å². The van der Waals surface area contributed by atoms with Crippen LogP contribution in [0.15, 0.2) is 53.6 Å². The lowest BCUT2D eigenvalue weighted by Gasteiger charge is -2.09. The summed E-state index contributed by atoms with van der Waals surface area (Å²) in [7, 11) is -2.19. The predicted octanol–water partition coefficient (Wildman–Crippen LogP) is 3.13. The van der Waals surface area contributed by atoms with E-state index >= 15 is 0 Å². The number of nitrogens with one attached hydrogen (secondary N) is 1. The van der Waals surface area contributed by atoms with Crippen molar-refractivity contribution in [3.63, 3.8) is 0 Å². The second kappa shape index (κ2) is 7.00. The Morgan fingerprint density at radius 3 is 2.19 bits per heavy atom. The summed E-state index contributed by atoms with van der Waals surface area (Å²) in [5, 5.41) is 0. The molecule has 0 unspecified atom stereocenters. The van der Waals surface area contributed by atoms with Gasteiger partial charge in [-0.25, -0.2) is 18.1 Å². The van der Waals surface area contributed by atoms with E-state index in [2.05, 4.69) is 9.71 Å². The summed E-state index contributed by atoms with van der Waals surface area (Å²) in [6, 6.07) is 12.4. The average Bonchev–Trinajstić information content (AvgIpc) is 2.96. The standard InChI is InChI=1S/C20H21N3O3S/c1-13-8-5-6-11-17(13)27(25,26)22-20(24)16-12-23(4)19(21-16)18-14(2)9-7-10-15(18)3/h5-12H,1-4H3,(H,22,24). The molecule has 0 bridgehead atoms. The van der Waals surface area contributed by atoms with Gasteiger partial charge in [-0.3, -0.25) is 4.79 Å². The molecule has 0 atom stereocenters. The van der Waals surface area contributed by atoms with Gasteiger partial charge in [-0.15, -0.1) is 0 Å². The van der Waals surface area contributed by atoms with E-state index in [0.717, 1.165) is 16.7 Å². The molecule has 140 valence electrons. The first-order valence-corrected chi connectivity index (χ1v) is 9.92. The van der Waals surface area contributed by atoms with Gasteiger partial charge in [0.15, 0.2) is 0 Å². The van der Waals surface area contributed by atoms with Crippen LogP contribution in [-0.2, 0) is 17.1 Å². The number of aromatic nitrogens is 2. The minimum atomic E-state index is -3.97. The van der Waals surface area contributed by atoms with E-state index in [1.165, 1.54) is 12.3 Å². The van der Waals surface area contributed by atoms with Crippen molar-refractivity contribution >= 4 is 15.9 Å². The number of hydrogen-bond donors (Lipinski definition) is 1. The maximum Gasteiger partial charge on any atom is 0.285 e. The monoisotopic (exact) mass is 383 g/mol. The van der Waals surface area contributed by atoms with E-state index in [9.17, 15) is 13.2 Å². The Labute approximate surface area is 158 Å². The van der Waals surface area contributed by atoms with Crippen LogP contribution in [0.4, 0.5) is 0 Å². The van der Waals surface area contributed by atoms with E-state index in [1.54, 1.807) is 36.7 Å². The van der Waals surface area contributed by atoms with Gasteiger partial charge in [-0.05, 0) is 43.5 Å². The molecule has 0 saturated carbocycles. The number of nitrogens with zero attached hydrogens (tertiary/aromatic N) is 2. The third-order valence-electron chi connectivity index (χ3n) is 4.42. The molecule has 1 heterocycles. The first-order valence-electron chi connectivity index (χ1n) is 8.43. The number of benzene rings is 2. The highest BCUT2D eigenvalue weighted by molar-refractivity contribution is 7.90. The van der Waals surface area contributed by atoms with Crippen LogP contribution < -0.4 is 4.72 Å². The molecule has 27 heavy (non-hydrogen) atoms. The zero-order valence-electron chi connectivity index (χ0n) is 15.6. The Morgan fingerprint density at radius 2 is 1.56 bits per heavy atom. The van der Waals surface area contributed by atoms with Gasteiger partial charge >= 0.3 is 0 Å². The zero-order valence-corrected chi connectivity index (χ0v) is 16.5. The van der Waals surface area contributed by atoms with Gasteiger partial charge in [0.05, 0.1) is 4.90 Å². The Balaban J connectivity index is 1.95. The first kappa shape index (κ1) is 18.8. The number of rotatable bonds is 4. The fourth-order valence-corrected chi connectivity index (χ4v) is 4.27. The second-order valence-corrected chi connectivity index (χ2v) is 8.18. The number of carbonyl (C=O) groups is 1. The van der Waals surface area contributed by atoms with Crippen molar-refractivity contribution < 1.29 is 13.2 Å². The first-order chi connectivity index (χ1) is 12.7. The summed E-state index contributed by atoms with van der Waals surface area (Å²) in [5.74, 6) is -0.143. The van der Waals surface area contributed by atoms with Crippen molar-refractivity contribution in [3.05, 3.63) is 71.0 Å². The number of aryl methyl sites for hydroxylation is 4.